The monoisotopic (exact) mass is 368 g/mol. The van der Waals surface area contributed by atoms with Gasteiger partial charge < -0.3 is 4.55 Å². The third-order valence-electron chi connectivity index (χ3n) is 7.56. The Labute approximate surface area is 161 Å². The second kappa shape index (κ2) is 11.2. The summed E-state index contributed by atoms with van der Waals surface area (Å²) < 4.78 is 12.6. The zero-order chi connectivity index (χ0) is 18.1. The van der Waals surface area contributed by atoms with Crippen LogP contribution in [-0.2, 0) is 11.2 Å². The molecule has 0 saturated heterocycles. The summed E-state index contributed by atoms with van der Waals surface area (Å²) in [5.74, 6) is 2.96. The summed E-state index contributed by atoms with van der Waals surface area (Å²) in [7, 11) is 0. The topological polar surface area (TPSA) is 23.1 Å². The molecule has 1 atom stereocenters. The molecule has 0 aliphatic heterocycles. The zero-order valence-electron chi connectivity index (χ0n) is 17.4. The van der Waals surface area contributed by atoms with Crippen LogP contribution in [0.4, 0.5) is 0 Å². The highest BCUT2D eigenvalue weighted by Gasteiger charge is 2.44. The predicted octanol–water partition coefficient (Wildman–Crippen LogP) is 7.26. The van der Waals surface area contributed by atoms with Crippen molar-refractivity contribution >= 4 is 11.2 Å². The van der Waals surface area contributed by atoms with E-state index in [1.165, 1.54) is 103 Å². The van der Waals surface area contributed by atoms with Gasteiger partial charge in [0.15, 0.2) is 0 Å². The van der Waals surface area contributed by atoms with Crippen LogP contribution in [0.1, 0.15) is 117 Å². The van der Waals surface area contributed by atoms with E-state index in [1.54, 1.807) is 0 Å². The van der Waals surface area contributed by atoms with Crippen LogP contribution in [0.25, 0.3) is 0 Å². The van der Waals surface area contributed by atoms with E-state index >= 15 is 0 Å². The molecule has 0 N–H and O–H groups in total. The summed E-state index contributed by atoms with van der Waals surface area (Å²) in [6, 6.07) is 0. The number of rotatable bonds is 10. The van der Waals surface area contributed by atoms with Gasteiger partial charge in [-0.3, -0.25) is 0 Å². The fourth-order valence-electron chi connectivity index (χ4n) is 5.65. The van der Waals surface area contributed by atoms with Crippen LogP contribution in [-0.4, -0.2) is 15.6 Å². The highest BCUT2D eigenvalue weighted by molar-refractivity contribution is 7.92. The molecule has 2 saturated carbocycles. The van der Waals surface area contributed by atoms with Crippen molar-refractivity contribution in [1.29, 1.82) is 0 Å². The van der Waals surface area contributed by atoms with E-state index < -0.39 is 11.2 Å². The van der Waals surface area contributed by atoms with Gasteiger partial charge in [0.1, 0.15) is 4.75 Å². The molecule has 0 spiro atoms. The largest absolute Gasteiger partial charge is 0.616 e. The number of hydrogen-bond donors (Lipinski definition) is 0. The minimum Gasteiger partial charge on any atom is -0.616 e. The Balaban J connectivity index is 1.74. The second-order valence-electron chi connectivity index (χ2n) is 9.21. The Morgan fingerprint density at radius 2 is 1.36 bits per heavy atom. The lowest BCUT2D eigenvalue weighted by molar-refractivity contribution is 0.145. The molecule has 2 aliphatic rings. The molecular formula is C23H44OS. The molecule has 25 heavy (non-hydrogen) atoms. The minimum atomic E-state index is -0.645. The molecule has 0 radical (unpaired) electrons. The Hall–Kier alpha value is 0.310. The molecule has 2 fully saturated rings. The Morgan fingerprint density at radius 1 is 0.800 bits per heavy atom. The second-order valence-corrected chi connectivity index (χ2v) is 11.0. The van der Waals surface area contributed by atoms with Crippen LogP contribution in [0.15, 0.2) is 0 Å². The van der Waals surface area contributed by atoms with Crippen molar-refractivity contribution in [3.05, 3.63) is 0 Å². The lowest BCUT2D eigenvalue weighted by Gasteiger charge is -2.43. The van der Waals surface area contributed by atoms with Crippen LogP contribution < -0.4 is 0 Å². The maximum Gasteiger partial charge on any atom is 0.125 e. The third-order valence-corrected chi connectivity index (χ3v) is 9.39. The van der Waals surface area contributed by atoms with Gasteiger partial charge in [-0.2, -0.15) is 0 Å². The van der Waals surface area contributed by atoms with E-state index in [-0.39, 0.29) is 4.75 Å². The zero-order valence-corrected chi connectivity index (χ0v) is 18.2. The molecule has 0 bridgehead atoms. The van der Waals surface area contributed by atoms with Crippen LogP contribution in [0, 0.1) is 17.8 Å². The molecule has 0 amide bonds. The molecule has 0 aromatic heterocycles. The summed E-state index contributed by atoms with van der Waals surface area (Å²) in [4.78, 5) is 0. The summed E-state index contributed by atoms with van der Waals surface area (Å²) in [6.07, 6.45) is 23.9. The van der Waals surface area contributed by atoms with Crippen LogP contribution >= 0.6 is 0 Å². The van der Waals surface area contributed by atoms with Gasteiger partial charge in [-0.25, -0.2) is 0 Å². The van der Waals surface area contributed by atoms with Crippen molar-refractivity contribution in [2.24, 2.45) is 17.8 Å². The van der Waals surface area contributed by atoms with Crippen molar-refractivity contribution in [1.82, 2.24) is 0 Å². The molecule has 148 valence electrons. The van der Waals surface area contributed by atoms with E-state index in [1.807, 2.05) is 6.26 Å². The van der Waals surface area contributed by atoms with Gasteiger partial charge in [0.2, 0.25) is 0 Å². The first-order valence-corrected chi connectivity index (χ1v) is 13.0. The van der Waals surface area contributed by atoms with E-state index in [4.69, 9.17) is 0 Å². The quantitative estimate of drug-likeness (QED) is 0.294. The van der Waals surface area contributed by atoms with E-state index in [0.29, 0.717) is 0 Å². The van der Waals surface area contributed by atoms with Gasteiger partial charge in [0.25, 0.3) is 0 Å². The molecule has 2 rings (SSSR count). The van der Waals surface area contributed by atoms with E-state index in [9.17, 15) is 4.55 Å². The van der Waals surface area contributed by atoms with Crippen LogP contribution in [0.5, 0.6) is 0 Å². The summed E-state index contributed by atoms with van der Waals surface area (Å²) in [6.45, 7) is 4.58. The van der Waals surface area contributed by atoms with E-state index in [2.05, 4.69) is 13.8 Å². The summed E-state index contributed by atoms with van der Waals surface area (Å²) in [5.41, 5.74) is 0. The summed E-state index contributed by atoms with van der Waals surface area (Å²) in [5, 5.41) is 0. The maximum atomic E-state index is 12.5. The first kappa shape index (κ1) is 21.6. The molecule has 0 aromatic rings. The van der Waals surface area contributed by atoms with Gasteiger partial charge >= 0.3 is 0 Å². The molecule has 1 unspecified atom stereocenters. The smallest absolute Gasteiger partial charge is 0.125 e. The van der Waals surface area contributed by atoms with Crippen molar-refractivity contribution < 1.29 is 4.55 Å². The molecule has 0 heterocycles. The standard InChI is InChI=1S/C23H44OS/c1-4-6-8-10-20-11-13-21(14-12-20)22-15-18-23(19-16-22,25(3)24)17-9-7-5-2/h20-22H,4-19H2,1-3H3. The summed E-state index contributed by atoms with van der Waals surface area (Å²) >= 11 is -0.645. The first-order valence-electron chi connectivity index (χ1n) is 11.4. The van der Waals surface area contributed by atoms with Crippen LogP contribution in [0.3, 0.4) is 0 Å². The van der Waals surface area contributed by atoms with Crippen molar-refractivity contribution in [3.63, 3.8) is 0 Å². The molecule has 2 aliphatic carbocycles. The fourth-order valence-corrected chi connectivity index (χ4v) is 6.89. The molecule has 0 aromatic carbocycles. The van der Waals surface area contributed by atoms with Crippen LogP contribution in [0.2, 0.25) is 0 Å². The van der Waals surface area contributed by atoms with Gasteiger partial charge in [-0.05, 0) is 69.1 Å². The first-order chi connectivity index (χ1) is 12.1. The van der Waals surface area contributed by atoms with Crippen molar-refractivity contribution in [3.8, 4) is 0 Å². The highest BCUT2D eigenvalue weighted by atomic mass is 32.2. The number of unbranched alkanes of at least 4 members (excludes halogenated alkanes) is 4. The fraction of sp³-hybridized carbons (Fsp3) is 1.00. The van der Waals surface area contributed by atoms with E-state index in [0.717, 1.165) is 17.8 Å². The SMILES string of the molecule is CCCCCC1CCC(C2CCC(CCCCC)([S+](C)[O-])CC2)CC1. The molecule has 1 nitrogen and oxygen atoms in total. The molecular weight excluding hydrogens is 324 g/mol. The average molecular weight is 369 g/mol. The lowest BCUT2D eigenvalue weighted by atomic mass is 9.68. The maximum absolute atomic E-state index is 12.5. The Kier molecular flexibility index (Phi) is 9.70. The van der Waals surface area contributed by atoms with Crippen molar-refractivity contribution in [2.45, 2.75) is 121 Å². The Morgan fingerprint density at radius 3 is 1.92 bits per heavy atom. The predicted molar refractivity (Wildman–Crippen MR) is 112 cm³/mol. The van der Waals surface area contributed by atoms with Gasteiger partial charge in [-0.1, -0.05) is 76.4 Å². The number of hydrogen-bond acceptors (Lipinski definition) is 1. The van der Waals surface area contributed by atoms with Gasteiger partial charge in [-0.15, -0.1) is 0 Å². The van der Waals surface area contributed by atoms with Gasteiger partial charge in [0.05, 0.1) is 6.26 Å². The van der Waals surface area contributed by atoms with Gasteiger partial charge in [0, 0.05) is 0 Å². The minimum absolute atomic E-state index is 0.170. The Bertz CT molecular complexity index is 338. The lowest BCUT2D eigenvalue weighted by Crippen LogP contribution is -2.43. The average Bonchev–Trinajstić information content (AvgIpc) is 2.63. The van der Waals surface area contributed by atoms with Crippen molar-refractivity contribution in [2.75, 3.05) is 6.26 Å². The third kappa shape index (κ3) is 6.45. The highest BCUT2D eigenvalue weighted by Crippen LogP contribution is 2.47. The molecule has 2 heteroatoms. The normalized spacial score (nSPS) is 34.8.